The molecule has 0 spiro atoms. The molecule has 0 aromatic heterocycles. The number of alkyl halides is 3. The second kappa shape index (κ2) is 5.15. The van der Waals surface area contributed by atoms with Crippen LogP contribution in [0.25, 0.3) is 0 Å². The molecule has 0 atom stereocenters. The Kier molecular flexibility index (Phi) is 3.39. The van der Waals surface area contributed by atoms with Crippen LogP contribution in [0.2, 0.25) is 0 Å². The summed E-state index contributed by atoms with van der Waals surface area (Å²) in [5, 5.41) is 0. The maximum atomic E-state index is 13.7. The molecule has 0 saturated heterocycles. The molecule has 0 unspecified atom stereocenters. The normalized spacial score (nSPS) is 14.4. The van der Waals surface area contributed by atoms with Gasteiger partial charge in [-0.05, 0) is 36.4 Å². The minimum atomic E-state index is -4.80. The van der Waals surface area contributed by atoms with Crippen molar-refractivity contribution in [1.29, 1.82) is 0 Å². The molecule has 1 amide bonds. The van der Waals surface area contributed by atoms with Gasteiger partial charge in [-0.2, -0.15) is 13.2 Å². The van der Waals surface area contributed by atoms with E-state index in [2.05, 4.69) is 0 Å². The van der Waals surface area contributed by atoms with Crippen molar-refractivity contribution in [3.8, 4) is 5.75 Å². The summed E-state index contributed by atoms with van der Waals surface area (Å²) < 4.78 is 56.8. The number of nitrogens with zero attached hydrogens (tertiary/aromatic N) is 1. The van der Waals surface area contributed by atoms with Crippen LogP contribution < -0.4 is 15.4 Å². The molecule has 0 bridgehead atoms. The zero-order chi connectivity index (χ0) is 16.8. The average Bonchev–Trinajstić information content (AvgIpc) is 2.47. The SMILES string of the molecule is Nc1ccc2c(c1)C(=O)N(c1ccc(C(F)(F)F)c(F)c1)CO2. The summed E-state index contributed by atoms with van der Waals surface area (Å²) in [6.45, 7) is -0.236. The van der Waals surface area contributed by atoms with E-state index in [4.69, 9.17) is 10.5 Å². The van der Waals surface area contributed by atoms with E-state index in [9.17, 15) is 22.4 Å². The summed E-state index contributed by atoms with van der Waals surface area (Å²) in [5.74, 6) is -1.67. The van der Waals surface area contributed by atoms with Crippen molar-refractivity contribution >= 4 is 17.3 Å². The van der Waals surface area contributed by atoms with Crippen LogP contribution in [0, 0.1) is 5.82 Å². The number of ether oxygens (including phenoxy) is 1. The third-order valence-electron chi connectivity index (χ3n) is 3.40. The number of hydrogen-bond acceptors (Lipinski definition) is 3. The fourth-order valence-electron chi connectivity index (χ4n) is 2.27. The molecule has 1 aliphatic rings. The van der Waals surface area contributed by atoms with Crippen molar-refractivity contribution in [2.24, 2.45) is 0 Å². The molecular weight excluding hydrogens is 316 g/mol. The number of amides is 1. The summed E-state index contributed by atoms with van der Waals surface area (Å²) in [6.07, 6.45) is -4.80. The largest absolute Gasteiger partial charge is 0.472 e. The fraction of sp³-hybridized carbons (Fsp3) is 0.133. The van der Waals surface area contributed by atoms with E-state index in [0.29, 0.717) is 23.6 Å². The van der Waals surface area contributed by atoms with Crippen LogP contribution in [0.5, 0.6) is 5.75 Å². The van der Waals surface area contributed by atoms with Gasteiger partial charge in [-0.3, -0.25) is 9.69 Å². The Morgan fingerprint density at radius 3 is 2.52 bits per heavy atom. The average molecular weight is 326 g/mol. The Balaban J connectivity index is 1.97. The lowest BCUT2D eigenvalue weighted by atomic mass is 10.1. The predicted molar refractivity (Wildman–Crippen MR) is 74.6 cm³/mol. The zero-order valence-electron chi connectivity index (χ0n) is 11.5. The third-order valence-corrected chi connectivity index (χ3v) is 3.40. The number of carbonyl (C=O) groups excluding carboxylic acids is 1. The van der Waals surface area contributed by atoms with E-state index in [1.165, 1.54) is 12.1 Å². The lowest BCUT2D eigenvalue weighted by Gasteiger charge is -2.29. The number of carbonyl (C=O) groups is 1. The van der Waals surface area contributed by atoms with Crippen LogP contribution in [-0.4, -0.2) is 12.6 Å². The number of benzene rings is 2. The van der Waals surface area contributed by atoms with E-state index < -0.39 is 23.5 Å². The molecule has 23 heavy (non-hydrogen) atoms. The second-order valence-corrected chi connectivity index (χ2v) is 4.92. The van der Waals surface area contributed by atoms with Crippen molar-refractivity contribution < 1.29 is 27.1 Å². The van der Waals surface area contributed by atoms with E-state index in [1.54, 1.807) is 6.07 Å². The van der Waals surface area contributed by atoms with Crippen LogP contribution >= 0.6 is 0 Å². The van der Waals surface area contributed by atoms with Gasteiger partial charge in [0.25, 0.3) is 5.91 Å². The molecule has 0 radical (unpaired) electrons. The molecule has 2 aromatic rings. The molecular formula is C15H10F4N2O2. The van der Waals surface area contributed by atoms with Crippen molar-refractivity contribution in [2.75, 3.05) is 17.4 Å². The molecule has 0 aliphatic carbocycles. The number of fused-ring (bicyclic) bond motifs is 1. The maximum Gasteiger partial charge on any atom is 0.419 e. The van der Waals surface area contributed by atoms with Gasteiger partial charge >= 0.3 is 6.18 Å². The number of halogens is 4. The summed E-state index contributed by atoms with van der Waals surface area (Å²) in [7, 11) is 0. The Morgan fingerprint density at radius 2 is 1.87 bits per heavy atom. The van der Waals surface area contributed by atoms with E-state index in [-0.39, 0.29) is 18.0 Å². The molecule has 3 rings (SSSR count). The van der Waals surface area contributed by atoms with Crippen molar-refractivity contribution in [3.63, 3.8) is 0 Å². The topological polar surface area (TPSA) is 55.6 Å². The van der Waals surface area contributed by atoms with E-state index >= 15 is 0 Å². The first kappa shape index (κ1) is 15.1. The first-order valence-corrected chi connectivity index (χ1v) is 6.48. The Bertz CT molecular complexity index is 790. The number of anilines is 2. The molecule has 0 fully saturated rings. The smallest absolute Gasteiger partial charge is 0.419 e. The number of nitrogens with two attached hydrogens (primary N) is 1. The van der Waals surface area contributed by atoms with E-state index in [1.807, 2.05) is 0 Å². The van der Waals surface area contributed by atoms with Crippen LogP contribution in [0.3, 0.4) is 0 Å². The zero-order valence-corrected chi connectivity index (χ0v) is 11.5. The Morgan fingerprint density at radius 1 is 1.13 bits per heavy atom. The highest BCUT2D eigenvalue weighted by Crippen LogP contribution is 2.35. The molecule has 1 aliphatic heterocycles. The summed E-state index contributed by atoms with van der Waals surface area (Å²) >= 11 is 0. The maximum absolute atomic E-state index is 13.7. The van der Waals surface area contributed by atoms with Crippen molar-refractivity contribution in [3.05, 3.63) is 53.3 Å². The van der Waals surface area contributed by atoms with Crippen molar-refractivity contribution in [1.82, 2.24) is 0 Å². The van der Waals surface area contributed by atoms with Gasteiger partial charge in [0.05, 0.1) is 16.8 Å². The molecule has 4 nitrogen and oxygen atoms in total. The first-order chi connectivity index (χ1) is 10.8. The lowest BCUT2D eigenvalue weighted by Crippen LogP contribution is -2.38. The molecule has 1 heterocycles. The quantitative estimate of drug-likeness (QED) is 0.645. The van der Waals surface area contributed by atoms with Gasteiger partial charge in [0, 0.05) is 5.69 Å². The first-order valence-electron chi connectivity index (χ1n) is 6.48. The van der Waals surface area contributed by atoms with E-state index in [0.717, 1.165) is 11.0 Å². The monoisotopic (exact) mass is 326 g/mol. The molecule has 2 aromatic carbocycles. The van der Waals surface area contributed by atoms with Crippen LogP contribution in [0.4, 0.5) is 28.9 Å². The van der Waals surface area contributed by atoms with Crippen LogP contribution in [-0.2, 0) is 6.18 Å². The van der Waals surface area contributed by atoms with Gasteiger partial charge in [0.2, 0.25) is 0 Å². The molecule has 0 saturated carbocycles. The van der Waals surface area contributed by atoms with Crippen LogP contribution in [0.15, 0.2) is 36.4 Å². The van der Waals surface area contributed by atoms with Gasteiger partial charge < -0.3 is 10.5 Å². The highest BCUT2D eigenvalue weighted by Gasteiger charge is 2.35. The molecule has 2 N–H and O–H groups in total. The highest BCUT2D eigenvalue weighted by atomic mass is 19.4. The summed E-state index contributed by atoms with van der Waals surface area (Å²) in [6, 6.07) is 6.73. The molecule has 8 heteroatoms. The number of hydrogen-bond donors (Lipinski definition) is 1. The standard InChI is InChI=1S/C15H10F4N2O2/c16-12-6-9(2-3-11(12)15(17,18)19)21-7-23-13-4-1-8(20)5-10(13)14(21)22/h1-6H,7,20H2. The lowest BCUT2D eigenvalue weighted by molar-refractivity contribution is -0.139. The summed E-state index contributed by atoms with van der Waals surface area (Å²) in [4.78, 5) is 13.4. The third kappa shape index (κ3) is 2.67. The molecule has 120 valence electrons. The minimum Gasteiger partial charge on any atom is -0.472 e. The summed E-state index contributed by atoms with van der Waals surface area (Å²) in [5.41, 5.74) is 4.68. The Hall–Kier alpha value is -2.77. The predicted octanol–water partition coefficient (Wildman–Crippen LogP) is 3.42. The fourth-order valence-corrected chi connectivity index (χ4v) is 2.27. The van der Waals surface area contributed by atoms with Gasteiger partial charge in [0.15, 0.2) is 6.73 Å². The van der Waals surface area contributed by atoms with Gasteiger partial charge in [-0.1, -0.05) is 0 Å². The van der Waals surface area contributed by atoms with Crippen molar-refractivity contribution in [2.45, 2.75) is 6.18 Å². The van der Waals surface area contributed by atoms with Crippen LogP contribution in [0.1, 0.15) is 15.9 Å². The number of rotatable bonds is 1. The highest BCUT2D eigenvalue weighted by molar-refractivity contribution is 6.09. The Labute approximate surface area is 128 Å². The van der Waals surface area contributed by atoms with Gasteiger partial charge in [-0.15, -0.1) is 0 Å². The van der Waals surface area contributed by atoms with Gasteiger partial charge in [0.1, 0.15) is 11.6 Å². The number of nitrogen functional groups attached to an aromatic ring is 1. The van der Waals surface area contributed by atoms with Gasteiger partial charge in [-0.25, -0.2) is 4.39 Å². The second-order valence-electron chi connectivity index (χ2n) is 4.92. The minimum absolute atomic E-state index is 0.0337.